The van der Waals surface area contributed by atoms with Gasteiger partial charge in [-0.25, -0.2) is 4.21 Å². The van der Waals surface area contributed by atoms with Gasteiger partial charge in [0.15, 0.2) is 11.1 Å². The highest BCUT2D eigenvalue weighted by Gasteiger charge is 2.23. The molecule has 15 heavy (non-hydrogen) atoms. The number of hydrogen-bond donors (Lipinski definition) is 1. The van der Waals surface area contributed by atoms with Crippen molar-refractivity contribution in [1.82, 2.24) is 0 Å². The van der Waals surface area contributed by atoms with Gasteiger partial charge in [0.05, 0.1) is 18.8 Å². The third-order valence-corrected chi connectivity index (χ3v) is 2.62. The second-order valence-corrected chi connectivity index (χ2v) is 3.95. The van der Waals surface area contributed by atoms with E-state index < -0.39 is 23.0 Å². The summed E-state index contributed by atoms with van der Waals surface area (Å²) in [6.07, 6.45) is 0. The second-order valence-electron chi connectivity index (χ2n) is 2.97. The van der Waals surface area contributed by atoms with Gasteiger partial charge in [0.25, 0.3) is 0 Å². The van der Waals surface area contributed by atoms with Crippen molar-refractivity contribution in [2.75, 3.05) is 12.9 Å². The molecule has 0 aliphatic heterocycles. The lowest BCUT2D eigenvalue weighted by Gasteiger charge is -2.12. The number of hydrogen-bond acceptors (Lipinski definition) is 3. The third-order valence-electron chi connectivity index (χ3n) is 2.00. The molecule has 0 aromatic heterocycles. The van der Waals surface area contributed by atoms with Crippen LogP contribution in [-0.4, -0.2) is 27.6 Å². The molecular formula is C10H12O4S. The highest BCUT2D eigenvalue weighted by Crippen LogP contribution is 2.17. The Kier molecular flexibility index (Phi) is 4.45. The Balaban J connectivity index is 2.91. The van der Waals surface area contributed by atoms with Crippen LogP contribution in [0.3, 0.4) is 0 Å². The first kappa shape index (κ1) is 11.9. The molecule has 0 aliphatic carbocycles. The fourth-order valence-corrected chi connectivity index (χ4v) is 1.88. The molecule has 0 radical (unpaired) electrons. The van der Waals surface area contributed by atoms with Gasteiger partial charge in [-0.1, -0.05) is 30.3 Å². The van der Waals surface area contributed by atoms with E-state index in [4.69, 9.17) is 4.55 Å². The molecule has 1 aromatic carbocycles. The predicted octanol–water partition coefficient (Wildman–Crippen LogP) is 1.16. The molecule has 0 saturated heterocycles. The summed E-state index contributed by atoms with van der Waals surface area (Å²) in [7, 11) is 1.26. The van der Waals surface area contributed by atoms with Crippen LogP contribution >= 0.6 is 0 Å². The van der Waals surface area contributed by atoms with Crippen LogP contribution in [0.2, 0.25) is 0 Å². The molecule has 4 nitrogen and oxygen atoms in total. The van der Waals surface area contributed by atoms with E-state index in [1.807, 2.05) is 6.07 Å². The van der Waals surface area contributed by atoms with Crippen LogP contribution in [0, 0.1) is 0 Å². The molecule has 2 unspecified atom stereocenters. The fourth-order valence-electron chi connectivity index (χ4n) is 1.27. The van der Waals surface area contributed by atoms with E-state index in [0.29, 0.717) is 5.56 Å². The summed E-state index contributed by atoms with van der Waals surface area (Å²) in [4.78, 5) is 11.4. The standard InChI is InChI=1S/C10H12O4S/c1-14-10(11)9(7-15(12)13)8-5-3-2-4-6-8/h2-6,9H,7H2,1H3,(H,12,13). The fraction of sp³-hybridized carbons (Fsp3) is 0.300. The summed E-state index contributed by atoms with van der Waals surface area (Å²) < 4.78 is 24.1. The van der Waals surface area contributed by atoms with Crippen LogP contribution < -0.4 is 0 Å². The number of rotatable bonds is 4. The molecule has 2 atom stereocenters. The van der Waals surface area contributed by atoms with Crippen LogP contribution in [0.15, 0.2) is 30.3 Å². The van der Waals surface area contributed by atoms with Crippen molar-refractivity contribution >= 4 is 17.0 Å². The second kappa shape index (κ2) is 5.63. The van der Waals surface area contributed by atoms with Crippen molar-refractivity contribution < 1.29 is 18.3 Å². The minimum absolute atomic E-state index is 0.142. The number of carbonyl (C=O) groups excluding carboxylic acids is 1. The van der Waals surface area contributed by atoms with Crippen LogP contribution in [0.25, 0.3) is 0 Å². The van der Waals surface area contributed by atoms with Crippen LogP contribution in [0.1, 0.15) is 11.5 Å². The molecule has 1 rings (SSSR count). The van der Waals surface area contributed by atoms with Gasteiger partial charge in [-0.05, 0) is 5.56 Å². The van der Waals surface area contributed by atoms with Crippen LogP contribution in [0.5, 0.6) is 0 Å². The maximum atomic E-state index is 11.4. The molecule has 0 saturated carbocycles. The molecule has 5 heteroatoms. The van der Waals surface area contributed by atoms with E-state index in [2.05, 4.69) is 4.74 Å². The Morgan fingerprint density at radius 3 is 2.53 bits per heavy atom. The largest absolute Gasteiger partial charge is 0.469 e. The Morgan fingerprint density at radius 2 is 2.07 bits per heavy atom. The lowest BCUT2D eigenvalue weighted by molar-refractivity contribution is -0.141. The van der Waals surface area contributed by atoms with E-state index in [9.17, 15) is 9.00 Å². The highest BCUT2D eigenvalue weighted by atomic mass is 32.2. The Labute approximate surface area is 90.5 Å². The maximum Gasteiger partial charge on any atom is 0.314 e. The average Bonchev–Trinajstić information content (AvgIpc) is 2.26. The molecule has 0 fully saturated rings. The van der Waals surface area contributed by atoms with Crippen LogP contribution in [0.4, 0.5) is 0 Å². The van der Waals surface area contributed by atoms with E-state index in [0.717, 1.165) is 0 Å². The van der Waals surface area contributed by atoms with Gasteiger partial charge in [-0.15, -0.1) is 0 Å². The summed E-state index contributed by atoms with van der Waals surface area (Å²) in [5, 5.41) is 0. The van der Waals surface area contributed by atoms with Crippen molar-refractivity contribution in [2.45, 2.75) is 5.92 Å². The topological polar surface area (TPSA) is 63.6 Å². The van der Waals surface area contributed by atoms with Crippen molar-refractivity contribution in [3.63, 3.8) is 0 Å². The van der Waals surface area contributed by atoms with Gasteiger partial charge >= 0.3 is 5.97 Å². The monoisotopic (exact) mass is 228 g/mol. The zero-order valence-electron chi connectivity index (χ0n) is 8.25. The number of benzene rings is 1. The molecule has 1 aromatic rings. The molecular weight excluding hydrogens is 216 g/mol. The van der Waals surface area contributed by atoms with E-state index in [1.165, 1.54) is 7.11 Å². The predicted molar refractivity (Wildman–Crippen MR) is 56.8 cm³/mol. The first-order valence-corrected chi connectivity index (χ1v) is 5.63. The molecule has 0 aliphatic rings. The number of carbonyl (C=O) groups is 1. The first-order chi connectivity index (χ1) is 7.15. The Bertz CT molecular complexity index is 350. The zero-order chi connectivity index (χ0) is 11.3. The van der Waals surface area contributed by atoms with Gasteiger partial charge in [-0.2, -0.15) is 0 Å². The SMILES string of the molecule is COC(=O)C(CS(=O)O)c1ccccc1. The van der Waals surface area contributed by atoms with Crippen molar-refractivity contribution in [3.8, 4) is 0 Å². The first-order valence-electron chi connectivity index (χ1n) is 4.35. The summed E-state index contributed by atoms with van der Waals surface area (Å²) >= 11 is -2.02. The van der Waals surface area contributed by atoms with Crippen molar-refractivity contribution in [1.29, 1.82) is 0 Å². The molecule has 0 heterocycles. The number of methoxy groups -OCH3 is 1. The van der Waals surface area contributed by atoms with Crippen molar-refractivity contribution in [3.05, 3.63) is 35.9 Å². The van der Waals surface area contributed by atoms with Gasteiger partial charge in [-0.3, -0.25) is 4.79 Å². The summed E-state index contributed by atoms with van der Waals surface area (Å²) in [5.74, 6) is -1.32. The van der Waals surface area contributed by atoms with Gasteiger partial charge < -0.3 is 9.29 Å². The molecule has 82 valence electrons. The number of ether oxygens (including phenoxy) is 1. The molecule has 0 spiro atoms. The third kappa shape index (κ3) is 3.45. The molecule has 0 amide bonds. The van der Waals surface area contributed by atoms with E-state index >= 15 is 0 Å². The Hall–Kier alpha value is -1.20. The minimum Gasteiger partial charge on any atom is -0.469 e. The van der Waals surface area contributed by atoms with Gasteiger partial charge in [0.2, 0.25) is 0 Å². The summed E-state index contributed by atoms with van der Waals surface area (Å²) in [5.41, 5.74) is 0.687. The average molecular weight is 228 g/mol. The minimum atomic E-state index is -2.02. The Morgan fingerprint density at radius 1 is 1.47 bits per heavy atom. The molecule has 0 bridgehead atoms. The lowest BCUT2D eigenvalue weighted by atomic mass is 10.0. The lowest BCUT2D eigenvalue weighted by Crippen LogP contribution is -2.20. The maximum absolute atomic E-state index is 11.4. The highest BCUT2D eigenvalue weighted by molar-refractivity contribution is 7.79. The van der Waals surface area contributed by atoms with E-state index in [1.54, 1.807) is 24.3 Å². The summed E-state index contributed by atoms with van der Waals surface area (Å²) in [6.45, 7) is 0. The van der Waals surface area contributed by atoms with E-state index in [-0.39, 0.29) is 5.75 Å². The van der Waals surface area contributed by atoms with Crippen molar-refractivity contribution in [2.24, 2.45) is 0 Å². The van der Waals surface area contributed by atoms with Crippen LogP contribution in [-0.2, 0) is 20.6 Å². The smallest absolute Gasteiger partial charge is 0.314 e. The number of esters is 1. The normalized spacial score (nSPS) is 14.3. The van der Waals surface area contributed by atoms with Gasteiger partial charge in [0, 0.05) is 0 Å². The van der Waals surface area contributed by atoms with Gasteiger partial charge in [0.1, 0.15) is 0 Å². The molecule has 1 N–H and O–H groups in total. The quantitative estimate of drug-likeness (QED) is 0.620. The zero-order valence-corrected chi connectivity index (χ0v) is 9.07. The summed E-state index contributed by atoms with van der Waals surface area (Å²) in [6, 6.07) is 8.81.